The van der Waals surface area contributed by atoms with Crippen LogP contribution >= 0.6 is 0 Å². The van der Waals surface area contributed by atoms with Crippen LogP contribution in [0.3, 0.4) is 0 Å². The van der Waals surface area contributed by atoms with Gasteiger partial charge in [-0.25, -0.2) is 9.97 Å². The number of hydrogen-bond acceptors (Lipinski definition) is 3. The first-order chi connectivity index (χ1) is 15.3. The summed E-state index contributed by atoms with van der Waals surface area (Å²) in [6.45, 7) is 4.48. The molecule has 0 aliphatic carbocycles. The molecule has 0 saturated carbocycles. The quantitative estimate of drug-likeness (QED) is 0.267. The average molecular weight is 416 g/mol. The van der Waals surface area contributed by atoms with Crippen molar-refractivity contribution >= 4 is 0 Å². The molecule has 31 heavy (non-hydrogen) atoms. The molecule has 3 aromatic rings. The van der Waals surface area contributed by atoms with Crippen molar-refractivity contribution in [3.05, 3.63) is 66.1 Å². The lowest BCUT2D eigenvalue weighted by Gasteiger charge is -2.06. The average Bonchev–Trinajstić information content (AvgIpc) is 2.82. The number of aryl methyl sites for hydroxylation is 2. The first kappa shape index (κ1) is 23.1. The van der Waals surface area contributed by atoms with Gasteiger partial charge in [0.05, 0.1) is 5.69 Å². The number of hydrogen-bond donors (Lipinski definition) is 0. The van der Waals surface area contributed by atoms with E-state index in [-0.39, 0.29) is 0 Å². The highest BCUT2D eigenvalue weighted by atomic mass is 14.9. The minimum Gasteiger partial charge on any atom is -0.255 e. The van der Waals surface area contributed by atoms with Gasteiger partial charge in [-0.2, -0.15) is 0 Å². The van der Waals surface area contributed by atoms with Gasteiger partial charge in [-0.3, -0.25) is 4.98 Å². The Morgan fingerprint density at radius 2 is 1.16 bits per heavy atom. The van der Waals surface area contributed by atoms with Crippen molar-refractivity contribution < 1.29 is 0 Å². The van der Waals surface area contributed by atoms with Gasteiger partial charge in [-0.1, -0.05) is 89.5 Å². The summed E-state index contributed by atoms with van der Waals surface area (Å²) in [5, 5.41) is 0. The third kappa shape index (κ3) is 7.57. The molecule has 2 aromatic heterocycles. The lowest BCUT2D eigenvalue weighted by molar-refractivity contribution is 0.575. The predicted octanol–water partition coefficient (Wildman–Crippen LogP) is 7.84. The van der Waals surface area contributed by atoms with Gasteiger partial charge in [-0.15, -0.1) is 0 Å². The standard InChI is InChI=1S/C28H37N3/c1-3-5-6-7-8-9-10-11-13-24-20-30-28(31-21-24)26-18-19-27(29-22-26)25-16-14-23(12-4-2)15-17-25/h14-22H,3-13H2,1-2H3. The Morgan fingerprint density at radius 1 is 0.516 bits per heavy atom. The lowest BCUT2D eigenvalue weighted by Crippen LogP contribution is -1.94. The fourth-order valence-electron chi connectivity index (χ4n) is 3.92. The maximum absolute atomic E-state index is 4.64. The summed E-state index contributed by atoms with van der Waals surface area (Å²) in [4.78, 5) is 13.8. The van der Waals surface area contributed by atoms with Gasteiger partial charge in [-0.05, 0) is 42.5 Å². The number of nitrogens with zero attached hydrogens (tertiary/aromatic N) is 3. The SMILES string of the molecule is CCCCCCCCCCc1cnc(-c2ccc(-c3ccc(CCC)cc3)nc2)nc1. The molecule has 3 rings (SSSR count). The van der Waals surface area contributed by atoms with Crippen LogP contribution in [-0.2, 0) is 12.8 Å². The molecule has 0 bridgehead atoms. The second-order valence-electron chi connectivity index (χ2n) is 8.52. The molecule has 164 valence electrons. The van der Waals surface area contributed by atoms with E-state index in [1.165, 1.54) is 68.9 Å². The maximum Gasteiger partial charge on any atom is 0.160 e. The normalized spacial score (nSPS) is 11.0. The van der Waals surface area contributed by atoms with Crippen molar-refractivity contribution in [2.75, 3.05) is 0 Å². The van der Waals surface area contributed by atoms with Crippen LogP contribution in [0.25, 0.3) is 22.6 Å². The molecule has 1 aromatic carbocycles. The van der Waals surface area contributed by atoms with E-state index in [0.29, 0.717) is 0 Å². The molecule has 0 radical (unpaired) electrons. The van der Waals surface area contributed by atoms with Gasteiger partial charge in [0.1, 0.15) is 0 Å². The fourth-order valence-corrected chi connectivity index (χ4v) is 3.92. The van der Waals surface area contributed by atoms with Crippen molar-refractivity contribution in [2.24, 2.45) is 0 Å². The Morgan fingerprint density at radius 3 is 1.77 bits per heavy atom. The van der Waals surface area contributed by atoms with Crippen molar-refractivity contribution in [2.45, 2.75) is 84.5 Å². The van der Waals surface area contributed by atoms with Crippen molar-refractivity contribution in [3.8, 4) is 22.6 Å². The summed E-state index contributed by atoms with van der Waals surface area (Å²) in [5.74, 6) is 0.747. The van der Waals surface area contributed by atoms with Crippen LogP contribution in [-0.4, -0.2) is 15.0 Å². The molecule has 0 amide bonds. The van der Waals surface area contributed by atoms with Crippen LogP contribution in [0.5, 0.6) is 0 Å². The lowest BCUT2D eigenvalue weighted by atomic mass is 10.1. The van der Waals surface area contributed by atoms with E-state index >= 15 is 0 Å². The van der Waals surface area contributed by atoms with Gasteiger partial charge in [0.2, 0.25) is 0 Å². The summed E-state index contributed by atoms with van der Waals surface area (Å²) >= 11 is 0. The van der Waals surface area contributed by atoms with Crippen LogP contribution in [0.15, 0.2) is 55.0 Å². The summed E-state index contributed by atoms with van der Waals surface area (Å²) in [6, 6.07) is 12.8. The molecular formula is C28H37N3. The third-order valence-corrected chi connectivity index (χ3v) is 5.83. The predicted molar refractivity (Wildman–Crippen MR) is 131 cm³/mol. The molecule has 3 nitrogen and oxygen atoms in total. The van der Waals surface area contributed by atoms with Gasteiger partial charge >= 0.3 is 0 Å². The maximum atomic E-state index is 4.64. The minimum atomic E-state index is 0.747. The smallest absolute Gasteiger partial charge is 0.160 e. The van der Waals surface area contributed by atoms with Crippen molar-refractivity contribution in [3.63, 3.8) is 0 Å². The van der Waals surface area contributed by atoms with E-state index in [2.05, 4.69) is 65.2 Å². The number of unbranched alkanes of at least 4 members (excludes halogenated alkanes) is 7. The number of rotatable bonds is 13. The molecule has 0 fully saturated rings. The number of pyridine rings is 1. The minimum absolute atomic E-state index is 0.747. The van der Waals surface area contributed by atoms with E-state index in [1.807, 2.05) is 18.6 Å². The van der Waals surface area contributed by atoms with Crippen LogP contribution < -0.4 is 0 Å². The van der Waals surface area contributed by atoms with Crippen LogP contribution in [0.2, 0.25) is 0 Å². The second-order valence-corrected chi connectivity index (χ2v) is 8.52. The molecule has 0 aliphatic heterocycles. The highest BCUT2D eigenvalue weighted by molar-refractivity contribution is 5.63. The highest BCUT2D eigenvalue weighted by Crippen LogP contribution is 2.21. The van der Waals surface area contributed by atoms with Gasteiger partial charge in [0.15, 0.2) is 5.82 Å². The molecule has 0 aliphatic rings. The Bertz CT molecular complexity index is 868. The van der Waals surface area contributed by atoms with Crippen molar-refractivity contribution in [1.82, 2.24) is 15.0 Å². The first-order valence-corrected chi connectivity index (χ1v) is 12.2. The molecule has 0 atom stereocenters. The van der Waals surface area contributed by atoms with Crippen LogP contribution in [0, 0.1) is 0 Å². The Balaban J connectivity index is 1.47. The summed E-state index contributed by atoms with van der Waals surface area (Å²) in [5.41, 5.74) is 5.70. The fraction of sp³-hybridized carbons (Fsp3) is 0.464. The Labute approximate surface area is 188 Å². The number of aromatic nitrogens is 3. The monoisotopic (exact) mass is 415 g/mol. The first-order valence-electron chi connectivity index (χ1n) is 12.2. The Kier molecular flexibility index (Phi) is 9.69. The van der Waals surface area contributed by atoms with E-state index in [9.17, 15) is 0 Å². The summed E-state index contributed by atoms with van der Waals surface area (Å²) in [7, 11) is 0. The van der Waals surface area contributed by atoms with E-state index in [1.54, 1.807) is 0 Å². The van der Waals surface area contributed by atoms with Crippen molar-refractivity contribution in [1.29, 1.82) is 0 Å². The highest BCUT2D eigenvalue weighted by Gasteiger charge is 2.05. The topological polar surface area (TPSA) is 38.7 Å². The zero-order valence-electron chi connectivity index (χ0n) is 19.3. The molecule has 0 N–H and O–H groups in total. The van der Waals surface area contributed by atoms with Gasteiger partial charge in [0.25, 0.3) is 0 Å². The largest absolute Gasteiger partial charge is 0.255 e. The molecule has 3 heteroatoms. The van der Waals surface area contributed by atoms with E-state index in [4.69, 9.17) is 0 Å². The molecule has 0 unspecified atom stereocenters. The summed E-state index contributed by atoms with van der Waals surface area (Å²) in [6.07, 6.45) is 19.9. The zero-order valence-corrected chi connectivity index (χ0v) is 19.3. The van der Waals surface area contributed by atoms with Crippen LogP contribution in [0.1, 0.15) is 82.8 Å². The molecular weight excluding hydrogens is 378 g/mol. The van der Waals surface area contributed by atoms with E-state index < -0.39 is 0 Å². The van der Waals surface area contributed by atoms with Crippen LogP contribution in [0.4, 0.5) is 0 Å². The van der Waals surface area contributed by atoms with Gasteiger partial charge < -0.3 is 0 Å². The molecule has 0 spiro atoms. The second kappa shape index (κ2) is 13.0. The van der Waals surface area contributed by atoms with Gasteiger partial charge in [0, 0.05) is 29.7 Å². The number of benzene rings is 1. The molecule has 0 saturated heterocycles. The third-order valence-electron chi connectivity index (χ3n) is 5.83. The zero-order chi connectivity index (χ0) is 21.7. The van der Waals surface area contributed by atoms with E-state index in [0.717, 1.165) is 35.5 Å². The Hall–Kier alpha value is -2.55. The summed E-state index contributed by atoms with van der Waals surface area (Å²) < 4.78 is 0. The molecule has 2 heterocycles.